The number of alkyl halides is 3. The second kappa shape index (κ2) is 8.60. The Balaban J connectivity index is 0.000000169. The van der Waals surface area contributed by atoms with E-state index in [0.29, 0.717) is 10.6 Å². The summed E-state index contributed by atoms with van der Waals surface area (Å²) >= 11 is 5.71. The molecule has 2 aromatic carbocycles. The highest BCUT2D eigenvalue weighted by Gasteiger charge is 2.31. The molecule has 0 N–H and O–H groups in total. The van der Waals surface area contributed by atoms with E-state index in [1.54, 1.807) is 12.1 Å². The molecule has 0 radical (unpaired) electrons. The van der Waals surface area contributed by atoms with E-state index in [9.17, 15) is 22.8 Å². The van der Waals surface area contributed by atoms with Crippen LogP contribution < -0.4 is 0 Å². The van der Waals surface area contributed by atoms with Gasteiger partial charge in [0.15, 0.2) is 12.2 Å². The van der Waals surface area contributed by atoms with Gasteiger partial charge in [0.1, 0.15) is 13.2 Å². The van der Waals surface area contributed by atoms with Crippen molar-refractivity contribution >= 4 is 23.9 Å². The zero-order valence-electron chi connectivity index (χ0n) is 14.6. The average molecular weight is 431 g/mol. The van der Waals surface area contributed by atoms with Crippen LogP contribution in [0.25, 0.3) is 0 Å². The van der Waals surface area contributed by atoms with Crippen LogP contribution in [0.1, 0.15) is 28.9 Å². The van der Waals surface area contributed by atoms with Crippen LogP contribution >= 0.6 is 11.6 Å². The lowest BCUT2D eigenvalue weighted by molar-refractivity contribution is -0.137. The third-order valence-electron chi connectivity index (χ3n) is 4.03. The van der Waals surface area contributed by atoms with Gasteiger partial charge in [-0.25, -0.2) is 9.59 Å². The standard InChI is InChI=1S/C10H7F3O3.C9H7ClO3/c11-10(12,13)7-3-1-6(2-4-7)8-5-15-9(14)16-8;10-7-3-1-6(2-4-7)8-5-12-9(11)13-8/h1-4,8H,5H2;1-4,8H,5H2. The number of hydrogen-bond donors (Lipinski definition) is 0. The summed E-state index contributed by atoms with van der Waals surface area (Å²) in [6.07, 6.45) is -6.68. The van der Waals surface area contributed by atoms with E-state index in [0.717, 1.165) is 17.7 Å². The first kappa shape index (κ1) is 20.8. The van der Waals surface area contributed by atoms with Gasteiger partial charge in [-0.2, -0.15) is 13.2 Å². The predicted molar refractivity (Wildman–Crippen MR) is 93.2 cm³/mol. The van der Waals surface area contributed by atoms with Gasteiger partial charge in [0.2, 0.25) is 0 Å². The van der Waals surface area contributed by atoms with Crippen LogP contribution in [-0.4, -0.2) is 25.5 Å². The minimum absolute atomic E-state index is 0.0319. The lowest BCUT2D eigenvalue weighted by Gasteiger charge is -2.09. The molecule has 4 rings (SSSR count). The van der Waals surface area contributed by atoms with Crippen LogP contribution in [0.2, 0.25) is 5.02 Å². The number of hydrogen-bond acceptors (Lipinski definition) is 6. The Bertz CT molecular complexity index is 867. The number of ether oxygens (including phenoxy) is 4. The normalized spacial score (nSPS) is 20.7. The number of carbonyl (C=O) groups is 2. The van der Waals surface area contributed by atoms with Crippen LogP contribution in [0, 0.1) is 0 Å². The summed E-state index contributed by atoms with van der Waals surface area (Å²) < 4.78 is 55.5. The molecule has 0 bridgehead atoms. The summed E-state index contributed by atoms with van der Waals surface area (Å²) in [5, 5.41) is 0.661. The Morgan fingerprint density at radius 2 is 1.17 bits per heavy atom. The molecule has 0 aliphatic carbocycles. The Labute approximate surface area is 168 Å². The van der Waals surface area contributed by atoms with Crippen molar-refractivity contribution < 1.29 is 41.7 Å². The summed E-state index contributed by atoms with van der Waals surface area (Å²) in [7, 11) is 0. The molecule has 2 unspecified atom stereocenters. The van der Waals surface area contributed by atoms with Crippen LogP contribution in [0.15, 0.2) is 48.5 Å². The fourth-order valence-electron chi connectivity index (χ4n) is 2.55. The number of benzene rings is 2. The van der Waals surface area contributed by atoms with Gasteiger partial charge in [-0.1, -0.05) is 35.9 Å². The van der Waals surface area contributed by atoms with E-state index in [4.69, 9.17) is 21.1 Å². The van der Waals surface area contributed by atoms with Crippen molar-refractivity contribution in [2.24, 2.45) is 0 Å². The van der Waals surface area contributed by atoms with E-state index >= 15 is 0 Å². The summed E-state index contributed by atoms with van der Waals surface area (Å²) in [6, 6.07) is 11.6. The number of halogens is 4. The van der Waals surface area contributed by atoms with Crippen molar-refractivity contribution in [1.29, 1.82) is 0 Å². The molecule has 2 fully saturated rings. The minimum Gasteiger partial charge on any atom is -0.430 e. The van der Waals surface area contributed by atoms with E-state index in [1.165, 1.54) is 12.1 Å². The van der Waals surface area contributed by atoms with Gasteiger partial charge in [-0.15, -0.1) is 0 Å². The zero-order valence-corrected chi connectivity index (χ0v) is 15.4. The maximum atomic E-state index is 12.2. The molecule has 2 atom stereocenters. The van der Waals surface area contributed by atoms with E-state index in [-0.39, 0.29) is 19.3 Å². The molecule has 0 spiro atoms. The summed E-state index contributed by atoms with van der Waals surface area (Å²) in [4.78, 5) is 21.3. The molecule has 154 valence electrons. The highest BCUT2D eigenvalue weighted by molar-refractivity contribution is 6.30. The largest absolute Gasteiger partial charge is 0.509 e. The molecule has 6 nitrogen and oxygen atoms in total. The van der Waals surface area contributed by atoms with Gasteiger partial charge in [0.25, 0.3) is 0 Å². The highest BCUT2D eigenvalue weighted by atomic mass is 35.5. The lowest BCUT2D eigenvalue weighted by atomic mass is 10.1. The quantitative estimate of drug-likeness (QED) is 0.589. The smallest absolute Gasteiger partial charge is 0.430 e. The maximum absolute atomic E-state index is 12.2. The molecule has 2 aliphatic heterocycles. The first-order valence-electron chi connectivity index (χ1n) is 8.32. The summed E-state index contributed by atoms with van der Waals surface area (Å²) in [6.45, 7) is 0.310. The van der Waals surface area contributed by atoms with E-state index in [1.807, 2.05) is 12.1 Å². The van der Waals surface area contributed by atoms with Gasteiger partial charge >= 0.3 is 18.5 Å². The van der Waals surface area contributed by atoms with Crippen molar-refractivity contribution in [3.8, 4) is 0 Å². The predicted octanol–water partition coefficient (Wildman–Crippen LogP) is 5.46. The van der Waals surface area contributed by atoms with Crippen molar-refractivity contribution in [2.45, 2.75) is 18.4 Å². The van der Waals surface area contributed by atoms with Gasteiger partial charge in [-0.05, 0) is 35.4 Å². The van der Waals surface area contributed by atoms with E-state index < -0.39 is 30.2 Å². The fraction of sp³-hybridized carbons (Fsp3) is 0.263. The second-order valence-electron chi connectivity index (χ2n) is 6.01. The van der Waals surface area contributed by atoms with Crippen molar-refractivity contribution in [3.63, 3.8) is 0 Å². The second-order valence-corrected chi connectivity index (χ2v) is 6.44. The average Bonchev–Trinajstić information content (AvgIpc) is 3.31. The topological polar surface area (TPSA) is 71.1 Å². The van der Waals surface area contributed by atoms with Crippen LogP contribution in [-0.2, 0) is 25.1 Å². The zero-order chi connectivity index (χ0) is 21.0. The molecule has 0 aromatic heterocycles. The monoisotopic (exact) mass is 430 g/mol. The van der Waals surface area contributed by atoms with Crippen LogP contribution in [0.5, 0.6) is 0 Å². The summed E-state index contributed by atoms with van der Waals surface area (Å²) in [5.74, 6) is 0. The van der Waals surface area contributed by atoms with Gasteiger partial charge in [-0.3, -0.25) is 0 Å². The first-order valence-corrected chi connectivity index (χ1v) is 8.69. The third-order valence-corrected chi connectivity index (χ3v) is 4.29. The van der Waals surface area contributed by atoms with E-state index in [2.05, 4.69) is 9.47 Å². The molecule has 0 amide bonds. The van der Waals surface area contributed by atoms with Crippen LogP contribution in [0.3, 0.4) is 0 Å². The van der Waals surface area contributed by atoms with Crippen molar-refractivity contribution in [3.05, 3.63) is 70.2 Å². The minimum atomic E-state index is -4.36. The Morgan fingerprint density at radius 3 is 1.52 bits per heavy atom. The molecular weight excluding hydrogens is 417 g/mol. The molecule has 29 heavy (non-hydrogen) atoms. The van der Waals surface area contributed by atoms with Gasteiger partial charge < -0.3 is 18.9 Å². The molecule has 0 saturated carbocycles. The van der Waals surface area contributed by atoms with Crippen molar-refractivity contribution in [2.75, 3.05) is 13.2 Å². The highest BCUT2D eigenvalue weighted by Crippen LogP contribution is 2.31. The number of cyclic esters (lactones) is 4. The Hall–Kier alpha value is -2.94. The Morgan fingerprint density at radius 1 is 0.759 bits per heavy atom. The van der Waals surface area contributed by atoms with Crippen LogP contribution in [0.4, 0.5) is 22.8 Å². The molecular formula is C19H14ClF3O6. The number of carbonyl (C=O) groups excluding carboxylic acids is 2. The SMILES string of the molecule is O=C1OCC(c2ccc(C(F)(F)F)cc2)O1.O=C1OCC(c2ccc(Cl)cc2)O1. The Kier molecular flexibility index (Phi) is 6.17. The maximum Gasteiger partial charge on any atom is 0.509 e. The lowest BCUT2D eigenvalue weighted by Crippen LogP contribution is -2.06. The molecule has 2 aliphatic rings. The van der Waals surface area contributed by atoms with Gasteiger partial charge in [0.05, 0.1) is 5.56 Å². The fourth-order valence-corrected chi connectivity index (χ4v) is 2.67. The molecule has 2 heterocycles. The molecule has 2 aromatic rings. The molecule has 2 saturated heterocycles. The third kappa shape index (κ3) is 5.54. The summed E-state index contributed by atoms with van der Waals surface area (Å²) in [5.41, 5.74) is 0.649. The van der Waals surface area contributed by atoms with Gasteiger partial charge in [0, 0.05) is 5.02 Å². The first-order chi connectivity index (χ1) is 13.7. The molecule has 10 heteroatoms. The van der Waals surface area contributed by atoms with Crippen molar-refractivity contribution in [1.82, 2.24) is 0 Å². The number of rotatable bonds is 2.